The number of thiophene rings is 1. The van der Waals surface area contributed by atoms with Gasteiger partial charge in [-0.2, -0.15) is 5.10 Å². The summed E-state index contributed by atoms with van der Waals surface area (Å²) >= 11 is 1.85. The monoisotopic (exact) mass is 439 g/mol. The number of aromatic nitrogens is 3. The van der Waals surface area contributed by atoms with Crippen LogP contribution in [0.1, 0.15) is 71.7 Å². The molecule has 1 aliphatic rings. The van der Waals surface area contributed by atoms with Crippen molar-refractivity contribution in [2.75, 3.05) is 13.1 Å². The van der Waals surface area contributed by atoms with Gasteiger partial charge in [0.15, 0.2) is 5.65 Å². The molecule has 6 nitrogen and oxygen atoms in total. The van der Waals surface area contributed by atoms with E-state index < -0.39 is 0 Å². The van der Waals surface area contributed by atoms with Gasteiger partial charge in [-0.15, -0.1) is 11.3 Å². The van der Waals surface area contributed by atoms with E-state index in [0.29, 0.717) is 18.9 Å². The number of aryl methyl sites for hydroxylation is 3. The first-order valence-electron chi connectivity index (χ1n) is 11.4. The van der Waals surface area contributed by atoms with Gasteiger partial charge in [-0.3, -0.25) is 9.69 Å². The number of nitrogens with one attached hydrogen (secondary N) is 1. The topological polar surface area (TPSA) is 62.5 Å². The molecule has 0 saturated carbocycles. The van der Waals surface area contributed by atoms with Crippen LogP contribution in [0.4, 0.5) is 0 Å². The first kappa shape index (κ1) is 22.0. The third-order valence-electron chi connectivity index (χ3n) is 6.38. The van der Waals surface area contributed by atoms with Crippen LogP contribution in [0, 0.1) is 20.8 Å². The summed E-state index contributed by atoms with van der Waals surface area (Å²) in [6.45, 7) is 11.2. The molecule has 0 bridgehead atoms. The molecule has 4 heterocycles. The van der Waals surface area contributed by atoms with Crippen molar-refractivity contribution in [1.82, 2.24) is 24.8 Å². The minimum atomic E-state index is 0.104. The van der Waals surface area contributed by atoms with Crippen LogP contribution in [0.15, 0.2) is 17.5 Å². The molecule has 1 saturated heterocycles. The second-order valence-electron chi connectivity index (χ2n) is 8.61. The number of hydrogen-bond donors (Lipinski definition) is 1. The fourth-order valence-corrected chi connectivity index (χ4v) is 5.49. The quantitative estimate of drug-likeness (QED) is 0.561. The Morgan fingerprint density at radius 1 is 1.32 bits per heavy atom. The Hall–Kier alpha value is -2.25. The van der Waals surface area contributed by atoms with E-state index in [1.165, 1.54) is 16.9 Å². The lowest BCUT2D eigenvalue weighted by atomic mass is 10.1. The molecule has 4 rings (SSSR count). The number of nitrogens with zero attached hydrogens (tertiary/aromatic N) is 4. The minimum Gasteiger partial charge on any atom is -0.356 e. The second kappa shape index (κ2) is 9.49. The third-order valence-corrected chi connectivity index (χ3v) is 7.38. The molecule has 0 radical (unpaired) electrons. The van der Waals surface area contributed by atoms with Gasteiger partial charge in [0.25, 0.3) is 0 Å². The predicted molar refractivity (Wildman–Crippen MR) is 126 cm³/mol. The Kier molecular flexibility index (Phi) is 6.72. The van der Waals surface area contributed by atoms with Crippen molar-refractivity contribution in [3.05, 3.63) is 50.6 Å². The smallest absolute Gasteiger partial charge is 0.220 e. The number of rotatable bonds is 8. The Bertz CT molecular complexity index is 1070. The average molecular weight is 440 g/mol. The summed E-state index contributed by atoms with van der Waals surface area (Å²) in [4.78, 5) is 20.9. The zero-order valence-corrected chi connectivity index (χ0v) is 19.9. The minimum absolute atomic E-state index is 0.104. The van der Waals surface area contributed by atoms with Gasteiger partial charge in [-0.25, -0.2) is 9.50 Å². The molecule has 1 atom stereocenters. The van der Waals surface area contributed by atoms with Gasteiger partial charge in [0.1, 0.15) is 0 Å². The number of carbonyl (C=O) groups excluding carboxylic acids is 1. The maximum atomic E-state index is 12.1. The first-order chi connectivity index (χ1) is 15.0. The van der Waals surface area contributed by atoms with Gasteiger partial charge in [-0.1, -0.05) is 6.92 Å². The summed E-state index contributed by atoms with van der Waals surface area (Å²) in [5, 5.41) is 10.1. The zero-order valence-electron chi connectivity index (χ0n) is 19.1. The lowest BCUT2D eigenvalue weighted by Crippen LogP contribution is -2.24. The largest absolute Gasteiger partial charge is 0.356 e. The second-order valence-corrected chi connectivity index (χ2v) is 9.61. The summed E-state index contributed by atoms with van der Waals surface area (Å²) in [6, 6.07) is 4.70. The van der Waals surface area contributed by atoms with E-state index in [2.05, 4.69) is 48.5 Å². The van der Waals surface area contributed by atoms with Gasteiger partial charge in [-0.05, 0) is 75.6 Å². The van der Waals surface area contributed by atoms with Crippen molar-refractivity contribution in [2.45, 2.75) is 72.4 Å². The molecule has 0 aliphatic carbocycles. The molecular formula is C24H33N5OS. The van der Waals surface area contributed by atoms with Gasteiger partial charge >= 0.3 is 0 Å². The normalized spacial score (nSPS) is 17.0. The van der Waals surface area contributed by atoms with Crippen LogP contribution in [-0.4, -0.2) is 38.5 Å². The van der Waals surface area contributed by atoms with Gasteiger partial charge in [0, 0.05) is 41.8 Å². The predicted octanol–water partition coefficient (Wildman–Crippen LogP) is 4.51. The number of likely N-dealkylation sites (tertiary alicyclic amines) is 1. The molecule has 1 amide bonds. The molecule has 1 aliphatic heterocycles. The van der Waals surface area contributed by atoms with Gasteiger partial charge < -0.3 is 5.32 Å². The lowest BCUT2D eigenvalue weighted by Gasteiger charge is -2.22. The van der Waals surface area contributed by atoms with E-state index in [1.54, 1.807) is 0 Å². The highest BCUT2D eigenvalue weighted by atomic mass is 32.1. The highest BCUT2D eigenvalue weighted by Crippen LogP contribution is 2.34. The molecule has 31 heavy (non-hydrogen) atoms. The standard InChI is InChI=1S/C24H33N5OS/c1-5-11-25-24(30)9-8-19-17(3)26-23-14-20(27-29(23)18(19)4)21-7-6-12-28(21)15-22-16(2)10-13-31-22/h10,13-14,21H,5-9,11-12,15H2,1-4H3,(H,25,30)/t21-/m0/s1. The number of carbonyl (C=O) groups is 1. The molecule has 1 fully saturated rings. The van der Waals surface area contributed by atoms with Crippen LogP contribution in [0.2, 0.25) is 0 Å². The number of fused-ring (bicyclic) bond motifs is 1. The van der Waals surface area contributed by atoms with Crippen molar-refractivity contribution in [1.29, 1.82) is 0 Å². The van der Waals surface area contributed by atoms with Crippen LogP contribution in [0.3, 0.4) is 0 Å². The molecule has 0 unspecified atom stereocenters. The lowest BCUT2D eigenvalue weighted by molar-refractivity contribution is -0.121. The van der Waals surface area contributed by atoms with E-state index in [0.717, 1.165) is 60.8 Å². The summed E-state index contributed by atoms with van der Waals surface area (Å²) in [7, 11) is 0. The highest BCUT2D eigenvalue weighted by molar-refractivity contribution is 7.10. The van der Waals surface area contributed by atoms with E-state index in [9.17, 15) is 4.79 Å². The van der Waals surface area contributed by atoms with Crippen molar-refractivity contribution in [2.24, 2.45) is 0 Å². The Morgan fingerprint density at radius 3 is 2.90 bits per heavy atom. The molecule has 166 valence electrons. The molecule has 3 aromatic rings. The van der Waals surface area contributed by atoms with Crippen LogP contribution >= 0.6 is 11.3 Å². The fraction of sp³-hybridized carbons (Fsp3) is 0.542. The van der Waals surface area contributed by atoms with Crippen molar-refractivity contribution in [3.63, 3.8) is 0 Å². The highest BCUT2D eigenvalue weighted by Gasteiger charge is 2.29. The summed E-state index contributed by atoms with van der Waals surface area (Å²) in [5.74, 6) is 0.104. The third kappa shape index (κ3) is 4.67. The van der Waals surface area contributed by atoms with E-state index >= 15 is 0 Å². The molecule has 1 N–H and O–H groups in total. The number of hydrogen-bond acceptors (Lipinski definition) is 5. The molecule has 3 aromatic heterocycles. The van der Waals surface area contributed by atoms with E-state index in [4.69, 9.17) is 10.1 Å². The SMILES string of the molecule is CCCNC(=O)CCc1c(C)nc2cc([C@@H]3CCCN3Cc3sccc3C)nn2c1C. The van der Waals surface area contributed by atoms with Crippen molar-refractivity contribution >= 4 is 22.9 Å². The Balaban J connectivity index is 1.55. The maximum Gasteiger partial charge on any atom is 0.220 e. The number of amides is 1. The Morgan fingerprint density at radius 2 is 2.16 bits per heavy atom. The fourth-order valence-electron chi connectivity index (χ4n) is 4.56. The summed E-state index contributed by atoms with van der Waals surface area (Å²) < 4.78 is 1.98. The Labute approximate surface area is 188 Å². The molecular weight excluding hydrogens is 406 g/mol. The van der Waals surface area contributed by atoms with Gasteiger partial charge in [0.2, 0.25) is 5.91 Å². The van der Waals surface area contributed by atoms with Crippen molar-refractivity contribution in [3.8, 4) is 0 Å². The van der Waals surface area contributed by atoms with Crippen molar-refractivity contribution < 1.29 is 4.79 Å². The average Bonchev–Trinajstić information content (AvgIpc) is 3.47. The van der Waals surface area contributed by atoms with E-state index in [1.807, 2.05) is 22.8 Å². The van der Waals surface area contributed by atoms with Crippen LogP contribution in [0.5, 0.6) is 0 Å². The summed E-state index contributed by atoms with van der Waals surface area (Å²) in [6.07, 6.45) is 4.47. The molecule has 0 aromatic carbocycles. The van der Waals surface area contributed by atoms with E-state index in [-0.39, 0.29) is 5.91 Å². The maximum absolute atomic E-state index is 12.1. The first-order valence-corrected chi connectivity index (χ1v) is 12.2. The summed E-state index contributed by atoms with van der Waals surface area (Å²) in [5.41, 5.74) is 6.62. The van der Waals surface area contributed by atoms with Gasteiger partial charge in [0.05, 0.1) is 11.7 Å². The van der Waals surface area contributed by atoms with Crippen LogP contribution in [0.25, 0.3) is 5.65 Å². The van der Waals surface area contributed by atoms with Crippen LogP contribution < -0.4 is 5.32 Å². The zero-order chi connectivity index (χ0) is 22.0. The molecule has 7 heteroatoms. The molecule has 0 spiro atoms. The van der Waals surface area contributed by atoms with Crippen LogP contribution in [-0.2, 0) is 17.8 Å².